The quantitative estimate of drug-likeness (QED) is 0.556. The largest absolute Gasteiger partial charge is 0.324 e. The zero-order chi connectivity index (χ0) is 9.59. The minimum atomic E-state index is 0.126. The summed E-state index contributed by atoms with van der Waals surface area (Å²) in [6, 6.07) is 0.412. The Kier molecular flexibility index (Phi) is 1.82. The van der Waals surface area contributed by atoms with Crippen LogP contribution in [0.15, 0.2) is 12.3 Å². The lowest BCUT2D eigenvalue weighted by Gasteiger charge is -2.32. The smallest absolute Gasteiger partial charge is 0.316 e. The molecule has 0 spiro atoms. The van der Waals surface area contributed by atoms with Crippen LogP contribution >= 0.6 is 0 Å². The van der Waals surface area contributed by atoms with Gasteiger partial charge in [0.1, 0.15) is 0 Å². The predicted octanol–water partition coefficient (Wildman–Crippen LogP) is 1.67. The average Bonchev–Trinajstić information content (AvgIpc) is 2.32. The van der Waals surface area contributed by atoms with Crippen LogP contribution in [0.2, 0.25) is 0 Å². The van der Waals surface area contributed by atoms with Crippen molar-refractivity contribution in [3.8, 4) is 0 Å². The summed E-state index contributed by atoms with van der Waals surface area (Å²) < 4.78 is 0. The molecule has 3 heteroatoms. The number of rotatable bonds is 0. The summed E-state index contributed by atoms with van der Waals surface area (Å²) in [5.74, 6) is 0.638. The molecule has 13 heavy (non-hydrogen) atoms. The van der Waals surface area contributed by atoms with Crippen LogP contribution in [-0.4, -0.2) is 35.5 Å². The van der Waals surface area contributed by atoms with E-state index in [1.165, 1.54) is 6.42 Å². The topological polar surface area (TPSA) is 23.6 Å². The van der Waals surface area contributed by atoms with Gasteiger partial charge in [0, 0.05) is 19.3 Å². The summed E-state index contributed by atoms with van der Waals surface area (Å²) in [4.78, 5) is 15.3. The van der Waals surface area contributed by atoms with Crippen LogP contribution in [0.5, 0.6) is 0 Å². The molecule has 0 saturated carbocycles. The van der Waals surface area contributed by atoms with Gasteiger partial charge in [0.15, 0.2) is 0 Å². The molecule has 0 aromatic rings. The molecule has 2 saturated heterocycles. The Morgan fingerprint density at radius 1 is 1.46 bits per heavy atom. The molecule has 0 aliphatic carbocycles. The number of fused-ring (bicyclic) bond motifs is 1. The Morgan fingerprint density at radius 2 is 2.15 bits per heavy atom. The van der Waals surface area contributed by atoms with Crippen molar-refractivity contribution in [2.75, 3.05) is 13.6 Å². The van der Waals surface area contributed by atoms with Crippen molar-refractivity contribution < 1.29 is 4.79 Å². The lowest BCUT2D eigenvalue weighted by Crippen LogP contribution is -2.41. The number of nitrogens with zero attached hydrogens (tertiary/aromatic N) is 2. The fourth-order valence-electron chi connectivity index (χ4n) is 2.25. The molecule has 2 aliphatic rings. The third-order valence-corrected chi connectivity index (χ3v) is 3.17. The molecule has 2 fully saturated rings. The lowest BCUT2D eigenvalue weighted by atomic mass is 9.94. The Morgan fingerprint density at radius 3 is 2.85 bits per heavy atom. The van der Waals surface area contributed by atoms with Crippen LogP contribution in [-0.2, 0) is 0 Å². The minimum absolute atomic E-state index is 0.126. The standard InChI is InChI=1S/C10H16N2O/c1-7-4-5-9-8(2)11(3)10(13)12(9)6-7/h7,9H,2,4-6H2,1,3H3. The normalized spacial score (nSPS) is 34.0. The predicted molar refractivity (Wildman–Crippen MR) is 51.2 cm³/mol. The first-order valence-electron chi connectivity index (χ1n) is 4.84. The van der Waals surface area contributed by atoms with E-state index >= 15 is 0 Å². The molecule has 0 aromatic carbocycles. The summed E-state index contributed by atoms with van der Waals surface area (Å²) in [5, 5.41) is 0. The number of piperidine rings is 1. The summed E-state index contributed by atoms with van der Waals surface area (Å²) in [6.45, 7) is 7.05. The van der Waals surface area contributed by atoms with Gasteiger partial charge in [-0.15, -0.1) is 0 Å². The first-order chi connectivity index (χ1) is 6.11. The third kappa shape index (κ3) is 1.14. The number of likely N-dealkylation sites (N-methyl/N-ethyl adjacent to an activating group) is 1. The molecule has 0 aromatic heterocycles. The van der Waals surface area contributed by atoms with Crippen molar-refractivity contribution in [1.29, 1.82) is 0 Å². The van der Waals surface area contributed by atoms with E-state index in [0.29, 0.717) is 5.92 Å². The van der Waals surface area contributed by atoms with E-state index in [1.807, 2.05) is 11.9 Å². The summed E-state index contributed by atoms with van der Waals surface area (Å²) in [6.07, 6.45) is 2.29. The van der Waals surface area contributed by atoms with E-state index in [1.54, 1.807) is 4.90 Å². The average molecular weight is 180 g/mol. The summed E-state index contributed by atoms with van der Waals surface area (Å²) in [7, 11) is 1.81. The molecular formula is C10H16N2O. The number of carbonyl (C=O) groups excluding carboxylic acids is 1. The highest BCUT2D eigenvalue weighted by molar-refractivity contribution is 5.80. The van der Waals surface area contributed by atoms with Crippen LogP contribution < -0.4 is 0 Å². The molecule has 2 amide bonds. The number of urea groups is 1. The van der Waals surface area contributed by atoms with E-state index in [4.69, 9.17) is 0 Å². The van der Waals surface area contributed by atoms with Crippen molar-refractivity contribution in [1.82, 2.24) is 9.80 Å². The molecule has 2 unspecified atom stereocenters. The first-order valence-corrected chi connectivity index (χ1v) is 4.84. The second-order valence-corrected chi connectivity index (χ2v) is 4.18. The Balaban J connectivity index is 2.22. The third-order valence-electron chi connectivity index (χ3n) is 3.17. The molecule has 0 bridgehead atoms. The molecule has 72 valence electrons. The van der Waals surface area contributed by atoms with Gasteiger partial charge in [-0.1, -0.05) is 13.5 Å². The van der Waals surface area contributed by atoms with Gasteiger partial charge in [0.05, 0.1) is 6.04 Å². The number of carbonyl (C=O) groups is 1. The second kappa shape index (κ2) is 2.76. The highest BCUT2D eigenvalue weighted by atomic mass is 16.2. The molecule has 2 aliphatic heterocycles. The van der Waals surface area contributed by atoms with Gasteiger partial charge in [-0.25, -0.2) is 4.79 Å². The summed E-state index contributed by atoms with van der Waals surface area (Å²) in [5.41, 5.74) is 0.969. The van der Waals surface area contributed by atoms with E-state index < -0.39 is 0 Å². The Hall–Kier alpha value is -0.990. The maximum Gasteiger partial charge on any atom is 0.324 e. The van der Waals surface area contributed by atoms with Crippen molar-refractivity contribution in [3.05, 3.63) is 12.3 Å². The molecule has 2 heterocycles. The number of hydrogen-bond acceptors (Lipinski definition) is 1. The molecule has 0 N–H and O–H groups in total. The van der Waals surface area contributed by atoms with Crippen molar-refractivity contribution >= 4 is 6.03 Å². The Labute approximate surface area is 79.0 Å². The highest BCUT2D eigenvalue weighted by Gasteiger charge is 2.41. The maximum atomic E-state index is 11.7. The fourth-order valence-corrected chi connectivity index (χ4v) is 2.25. The number of amides is 2. The van der Waals surface area contributed by atoms with Crippen LogP contribution in [0.4, 0.5) is 4.79 Å². The van der Waals surface area contributed by atoms with Crippen LogP contribution in [0.3, 0.4) is 0 Å². The van der Waals surface area contributed by atoms with Crippen molar-refractivity contribution in [3.63, 3.8) is 0 Å². The second-order valence-electron chi connectivity index (χ2n) is 4.18. The fraction of sp³-hybridized carbons (Fsp3) is 0.700. The van der Waals surface area contributed by atoms with Crippen LogP contribution in [0.25, 0.3) is 0 Å². The molecular weight excluding hydrogens is 164 g/mol. The van der Waals surface area contributed by atoms with Gasteiger partial charge < -0.3 is 4.90 Å². The van der Waals surface area contributed by atoms with Crippen molar-refractivity contribution in [2.45, 2.75) is 25.8 Å². The van der Waals surface area contributed by atoms with Crippen molar-refractivity contribution in [2.24, 2.45) is 5.92 Å². The molecule has 3 nitrogen and oxygen atoms in total. The van der Waals surface area contributed by atoms with E-state index in [0.717, 1.165) is 18.7 Å². The van der Waals surface area contributed by atoms with E-state index in [9.17, 15) is 4.79 Å². The van der Waals surface area contributed by atoms with Gasteiger partial charge in [-0.2, -0.15) is 0 Å². The Bertz CT molecular complexity index is 262. The van der Waals surface area contributed by atoms with Gasteiger partial charge >= 0.3 is 6.03 Å². The summed E-state index contributed by atoms with van der Waals surface area (Å²) >= 11 is 0. The van der Waals surface area contributed by atoms with Gasteiger partial charge in [-0.05, 0) is 18.8 Å². The van der Waals surface area contributed by atoms with Crippen LogP contribution in [0, 0.1) is 5.92 Å². The highest BCUT2D eigenvalue weighted by Crippen LogP contribution is 2.32. The van der Waals surface area contributed by atoms with Gasteiger partial charge in [0.2, 0.25) is 0 Å². The maximum absolute atomic E-state index is 11.7. The molecule has 2 rings (SSSR count). The van der Waals surface area contributed by atoms with E-state index in [-0.39, 0.29) is 12.1 Å². The number of hydrogen-bond donors (Lipinski definition) is 0. The first kappa shape index (κ1) is 8.60. The molecule has 2 atom stereocenters. The lowest BCUT2D eigenvalue weighted by molar-refractivity contribution is 0.160. The van der Waals surface area contributed by atoms with Gasteiger partial charge in [0.25, 0.3) is 0 Å². The SMILES string of the molecule is C=C1C2CCC(C)CN2C(=O)N1C. The van der Waals surface area contributed by atoms with Crippen LogP contribution in [0.1, 0.15) is 19.8 Å². The zero-order valence-electron chi connectivity index (χ0n) is 8.29. The minimum Gasteiger partial charge on any atom is -0.316 e. The monoisotopic (exact) mass is 180 g/mol. The van der Waals surface area contributed by atoms with E-state index in [2.05, 4.69) is 13.5 Å². The van der Waals surface area contributed by atoms with Gasteiger partial charge in [-0.3, -0.25) is 4.90 Å². The molecule has 0 radical (unpaired) electrons. The zero-order valence-corrected chi connectivity index (χ0v) is 8.29.